The fraction of sp³-hybridized carbons (Fsp3) is 0.375. The molecule has 29 heavy (non-hydrogen) atoms. The predicted molar refractivity (Wildman–Crippen MR) is 113 cm³/mol. The molecule has 5 heteroatoms. The van der Waals surface area contributed by atoms with Gasteiger partial charge < -0.3 is 13.9 Å². The molecule has 1 unspecified atom stereocenters. The fourth-order valence-corrected chi connectivity index (χ4v) is 4.22. The molecule has 0 spiro atoms. The number of ether oxygens (including phenoxy) is 2. The van der Waals surface area contributed by atoms with E-state index in [4.69, 9.17) is 18.9 Å². The molecular weight excluding hydrogens is 364 g/mol. The van der Waals surface area contributed by atoms with Crippen LogP contribution in [0.4, 0.5) is 0 Å². The second-order valence-electron chi connectivity index (χ2n) is 7.71. The summed E-state index contributed by atoms with van der Waals surface area (Å²) in [6.45, 7) is 6.01. The highest BCUT2D eigenvalue weighted by molar-refractivity contribution is 5.59. The van der Waals surface area contributed by atoms with E-state index in [0.717, 1.165) is 42.3 Å². The standard InChI is InChI=1S/C24H28N2O3/c1-16-7-9-20(17(2)12-16)24-25-19(15-29-24)14-26-11-5-6-21(26)18-8-10-22(27-3)23(13-18)28-4/h7-10,12-13,15,21H,5-6,11,14H2,1-4H3. The van der Waals surface area contributed by atoms with Crippen LogP contribution in [0.15, 0.2) is 47.1 Å². The summed E-state index contributed by atoms with van der Waals surface area (Å²) in [5, 5.41) is 0. The molecule has 0 aliphatic carbocycles. The van der Waals surface area contributed by atoms with Crippen LogP contribution in [0, 0.1) is 13.8 Å². The number of aromatic nitrogens is 1. The van der Waals surface area contributed by atoms with Crippen LogP contribution in [0.5, 0.6) is 11.5 Å². The molecular formula is C24H28N2O3. The zero-order valence-corrected chi connectivity index (χ0v) is 17.6. The van der Waals surface area contributed by atoms with E-state index in [1.54, 1.807) is 20.5 Å². The van der Waals surface area contributed by atoms with Crippen molar-refractivity contribution in [3.8, 4) is 23.0 Å². The van der Waals surface area contributed by atoms with E-state index in [1.165, 1.54) is 23.1 Å². The molecule has 1 atom stereocenters. The topological polar surface area (TPSA) is 47.7 Å². The van der Waals surface area contributed by atoms with E-state index in [0.29, 0.717) is 11.9 Å². The molecule has 0 amide bonds. The highest BCUT2D eigenvalue weighted by Crippen LogP contribution is 2.37. The van der Waals surface area contributed by atoms with Gasteiger partial charge >= 0.3 is 0 Å². The van der Waals surface area contributed by atoms with Crippen molar-refractivity contribution in [2.45, 2.75) is 39.3 Å². The first-order valence-electron chi connectivity index (χ1n) is 10.1. The van der Waals surface area contributed by atoms with Crippen molar-refractivity contribution in [1.82, 2.24) is 9.88 Å². The molecule has 1 aromatic heterocycles. The largest absolute Gasteiger partial charge is 0.493 e. The average molecular weight is 392 g/mol. The van der Waals surface area contributed by atoms with Crippen LogP contribution >= 0.6 is 0 Å². The lowest BCUT2D eigenvalue weighted by Crippen LogP contribution is -2.23. The van der Waals surface area contributed by atoms with Gasteiger partial charge in [-0.1, -0.05) is 23.8 Å². The average Bonchev–Trinajstić information content (AvgIpc) is 3.37. The van der Waals surface area contributed by atoms with Gasteiger partial charge in [0.2, 0.25) is 5.89 Å². The summed E-state index contributed by atoms with van der Waals surface area (Å²) < 4.78 is 16.7. The molecule has 0 bridgehead atoms. The van der Waals surface area contributed by atoms with Crippen molar-refractivity contribution in [2.24, 2.45) is 0 Å². The Morgan fingerprint density at radius 3 is 2.66 bits per heavy atom. The Balaban J connectivity index is 1.53. The van der Waals surface area contributed by atoms with Crippen molar-refractivity contribution in [3.05, 3.63) is 65.0 Å². The Morgan fingerprint density at radius 1 is 1.07 bits per heavy atom. The Labute approximate surface area is 172 Å². The van der Waals surface area contributed by atoms with Crippen LogP contribution in [0.25, 0.3) is 11.5 Å². The Bertz CT molecular complexity index is 996. The van der Waals surface area contributed by atoms with Gasteiger partial charge in [0.25, 0.3) is 0 Å². The number of likely N-dealkylation sites (tertiary alicyclic amines) is 1. The van der Waals surface area contributed by atoms with Crippen LogP contribution in [0.2, 0.25) is 0 Å². The number of rotatable bonds is 6. The van der Waals surface area contributed by atoms with Crippen LogP contribution in [0.1, 0.15) is 41.3 Å². The third-order valence-electron chi connectivity index (χ3n) is 5.69. The maximum Gasteiger partial charge on any atom is 0.226 e. The van der Waals surface area contributed by atoms with E-state index >= 15 is 0 Å². The van der Waals surface area contributed by atoms with E-state index < -0.39 is 0 Å². The first-order chi connectivity index (χ1) is 14.1. The lowest BCUT2D eigenvalue weighted by Gasteiger charge is -2.24. The Morgan fingerprint density at radius 2 is 1.90 bits per heavy atom. The first kappa shape index (κ1) is 19.5. The minimum Gasteiger partial charge on any atom is -0.493 e. The number of hydrogen-bond donors (Lipinski definition) is 0. The van der Waals surface area contributed by atoms with Gasteiger partial charge in [0.15, 0.2) is 11.5 Å². The smallest absolute Gasteiger partial charge is 0.226 e. The van der Waals surface area contributed by atoms with Gasteiger partial charge in [-0.2, -0.15) is 0 Å². The molecule has 0 N–H and O–H groups in total. The molecule has 1 fully saturated rings. The quantitative estimate of drug-likeness (QED) is 0.569. The molecule has 3 aromatic rings. The minimum absolute atomic E-state index is 0.344. The molecule has 1 aliphatic heterocycles. The number of oxazole rings is 1. The Hall–Kier alpha value is -2.79. The molecule has 2 aromatic carbocycles. The summed E-state index contributed by atoms with van der Waals surface area (Å²) in [5.74, 6) is 2.23. The molecule has 152 valence electrons. The van der Waals surface area contributed by atoms with Gasteiger partial charge in [-0.15, -0.1) is 0 Å². The third-order valence-corrected chi connectivity index (χ3v) is 5.69. The second kappa shape index (κ2) is 8.29. The number of nitrogens with zero attached hydrogens (tertiary/aromatic N) is 2. The summed E-state index contributed by atoms with van der Waals surface area (Å²) in [4.78, 5) is 7.23. The number of aryl methyl sites for hydroxylation is 2. The SMILES string of the molecule is COc1ccc(C2CCCN2Cc2coc(-c3ccc(C)cc3C)n2)cc1OC. The number of benzene rings is 2. The van der Waals surface area contributed by atoms with E-state index in [-0.39, 0.29) is 0 Å². The molecule has 4 rings (SSSR count). The maximum absolute atomic E-state index is 5.82. The van der Waals surface area contributed by atoms with Crippen LogP contribution in [-0.4, -0.2) is 30.6 Å². The lowest BCUT2D eigenvalue weighted by atomic mass is 10.0. The first-order valence-corrected chi connectivity index (χ1v) is 10.1. The monoisotopic (exact) mass is 392 g/mol. The van der Waals surface area contributed by atoms with Crippen molar-refractivity contribution in [1.29, 1.82) is 0 Å². The molecule has 0 radical (unpaired) electrons. The Kier molecular flexibility index (Phi) is 5.58. The molecule has 0 saturated carbocycles. The summed E-state index contributed by atoms with van der Waals surface area (Å²) in [7, 11) is 3.34. The maximum atomic E-state index is 5.82. The van der Waals surface area contributed by atoms with Gasteiger partial charge in [0.05, 0.1) is 19.9 Å². The number of methoxy groups -OCH3 is 2. The third kappa shape index (κ3) is 4.01. The minimum atomic E-state index is 0.344. The second-order valence-corrected chi connectivity index (χ2v) is 7.71. The van der Waals surface area contributed by atoms with Crippen molar-refractivity contribution < 1.29 is 13.9 Å². The van der Waals surface area contributed by atoms with Gasteiger partial charge in [-0.3, -0.25) is 4.90 Å². The zero-order valence-electron chi connectivity index (χ0n) is 17.6. The van der Waals surface area contributed by atoms with Crippen molar-refractivity contribution in [2.75, 3.05) is 20.8 Å². The lowest BCUT2D eigenvalue weighted by molar-refractivity contribution is 0.244. The summed E-state index contributed by atoms with van der Waals surface area (Å²) in [5.41, 5.74) is 5.70. The van der Waals surface area contributed by atoms with Crippen molar-refractivity contribution >= 4 is 0 Å². The molecule has 1 saturated heterocycles. The fourth-order valence-electron chi connectivity index (χ4n) is 4.22. The van der Waals surface area contributed by atoms with Crippen LogP contribution < -0.4 is 9.47 Å². The van der Waals surface area contributed by atoms with Crippen molar-refractivity contribution in [3.63, 3.8) is 0 Å². The molecule has 2 heterocycles. The van der Waals surface area contributed by atoms with Gasteiger partial charge in [-0.05, 0) is 62.6 Å². The summed E-state index contributed by atoms with van der Waals surface area (Å²) >= 11 is 0. The molecule has 1 aliphatic rings. The normalized spacial score (nSPS) is 16.9. The van der Waals surface area contributed by atoms with Gasteiger partial charge in [0, 0.05) is 18.2 Å². The number of hydrogen-bond acceptors (Lipinski definition) is 5. The highest BCUT2D eigenvalue weighted by Gasteiger charge is 2.27. The summed E-state index contributed by atoms with van der Waals surface area (Å²) in [6, 6.07) is 12.9. The molecule has 5 nitrogen and oxygen atoms in total. The van der Waals surface area contributed by atoms with Gasteiger partial charge in [0.1, 0.15) is 6.26 Å². The zero-order chi connectivity index (χ0) is 20.4. The van der Waals surface area contributed by atoms with Crippen LogP contribution in [0.3, 0.4) is 0 Å². The summed E-state index contributed by atoms with van der Waals surface area (Å²) in [6.07, 6.45) is 4.08. The highest BCUT2D eigenvalue weighted by atomic mass is 16.5. The predicted octanol–water partition coefficient (Wildman–Crippen LogP) is 5.31. The van der Waals surface area contributed by atoms with Crippen LogP contribution in [-0.2, 0) is 6.54 Å². The van der Waals surface area contributed by atoms with E-state index in [2.05, 4.69) is 49.1 Å². The van der Waals surface area contributed by atoms with Gasteiger partial charge in [-0.25, -0.2) is 4.98 Å². The van der Waals surface area contributed by atoms with E-state index in [9.17, 15) is 0 Å². The van der Waals surface area contributed by atoms with E-state index in [1.807, 2.05) is 6.07 Å².